The average molecular weight is 416 g/mol. The van der Waals surface area contributed by atoms with Crippen molar-refractivity contribution in [1.29, 1.82) is 0 Å². The highest BCUT2D eigenvalue weighted by molar-refractivity contribution is 6.06. The molecule has 156 valence electrons. The normalized spacial score (nSPS) is 15.4. The largest absolute Gasteiger partial charge is 0.379 e. The van der Waals surface area contributed by atoms with Crippen LogP contribution in [0.3, 0.4) is 0 Å². The van der Waals surface area contributed by atoms with Crippen molar-refractivity contribution < 1.29 is 13.9 Å². The molecule has 0 saturated carbocycles. The number of carbonyl (C=O) groups excluding carboxylic acids is 1. The lowest BCUT2D eigenvalue weighted by atomic mass is 10.0. The van der Waals surface area contributed by atoms with Gasteiger partial charge in [0.15, 0.2) is 0 Å². The Morgan fingerprint density at radius 3 is 2.97 bits per heavy atom. The monoisotopic (exact) mass is 416 g/mol. The molecule has 5 rings (SSSR count). The van der Waals surface area contributed by atoms with E-state index in [1.54, 1.807) is 31.5 Å². The van der Waals surface area contributed by atoms with Crippen LogP contribution in [0.5, 0.6) is 0 Å². The van der Waals surface area contributed by atoms with E-state index in [0.29, 0.717) is 48.7 Å². The summed E-state index contributed by atoms with van der Waals surface area (Å²) in [6.45, 7) is 3.56. The lowest BCUT2D eigenvalue weighted by Gasteiger charge is -2.20. The van der Waals surface area contributed by atoms with Crippen LogP contribution >= 0.6 is 0 Å². The van der Waals surface area contributed by atoms with Crippen molar-refractivity contribution in [1.82, 2.24) is 15.3 Å². The van der Waals surface area contributed by atoms with Gasteiger partial charge in [0, 0.05) is 47.9 Å². The summed E-state index contributed by atoms with van der Waals surface area (Å²) in [5.74, 6) is 6.20. The van der Waals surface area contributed by atoms with Crippen LogP contribution in [0, 0.1) is 30.5 Å². The van der Waals surface area contributed by atoms with Gasteiger partial charge in [-0.2, -0.15) is 0 Å². The molecule has 0 spiro atoms. The van der Waals surface area contributed by atoms with Crippen LogP contribution < -0.4 is 10.6 Å². The predicted octanol–water partition coefficient (Wildman–Crippen LogP) is 3.55. The lowest BCUT2D eigenvalue weighted by molar-refractivity contribution is -0.00300. The Hall–Kier alpha value is -3.63. The molecule has 1 amide bonds. The summed E-state index contributed by atoms with van der Waals surface area (Å²) in [5.41, 5.74) is 5.43. The fraction of sp³-hybridized carbons (Fsp3) is 0.250. The highest BCUT2D eigenvalue weighted by Crippen LogP contribution is 2.38. The molecule has 1 saturated heterocycles. The van der Waals surface area contributed by atoms with E-state index in [9.17, 15) is 9.18 Å². The number of carbonyl (C=O) groups is 1. The van der Waals surface area contributed by atoms with E-state index < -0.39 is 0 Å². The first-order valence-corrected chi connectivity index (χ1v) is 10.2. The minimum absolute atomic E-state index is 0.159. The number of ether oxygens (including phenoxy) is 1. The first kappa shape index (κ1) is 19.3. The molecule has 7 heteroatoms. The van der Waals surface area contributed by atoms with Gasteiger partial charge < -0.3 is 20.4 Å². The fourth-order valence-electron chi connectivity index (χ4n) is 3.79. The maximum absolute atomic E-state index is 14.2. The number of amides is 1. The van der Waals surface area contributed by atoms with E-state index >= 15 is 0 Å². The number of nitrogens with zero attached hydrogens (tertiary/aromatic N) is 1. The molecule has 0 radical (unpaired) electrons. The Labute approximate surface area is 179 Å². The van der Waals surface area contributed by atoms with Crippen LogP contribution in [0.25, 0.3) is 11.3 Å². The summed E-state index contributed by atoms with van der Waals surface area (Å²) in [5, 5.41) is 6.21. The van der Waals surface area contributed by atoms with Gasteiger partial charge in [0.05, 0.1) is 41.6 Å². The van der Waals surface area contributed by atoms with Crippen LogP contribution in [0.4, 0.5) is 15.8 Å². The third-order valence-corrected chi connectivity index (χ3v) is 5.63. The Morgan fingerprint density at radius 2 is 2.16 bits per heavy atom. The summed E-state index contributed by atoms with van der Waals surface area (Å²) in [6, 6.07) is 6.74. The Kier molecular flexibility index (Phi) is 4.92. The van der Waals surface area contributed by atoms with Gasteiger partial charge in [0.2, 0.25) is 0 Å². The van der Waals surface area contributed by atoms with Crippen molar-refractivity contribution in [2.75, 3.05) is 25.1 Å². The second kappa shape index (κ2) is 7.89. The summed E-state index contributed by atoms with van der Waals surface area (Å²) in [4.78, 5) is 20.4. The lowest BCUT2D eigenvalue weighted by Crippen LogP contribution is -2.31. The molecule has 31 heavy (non-hydrogen) atoms. The molecule has 4 heterocycles. The number of rotatable bonds is 3. The van der Waals surface area contributed by atoms with E-state index in [-0.39, 0.29) is 17.6 Å². The van der Waals surface area contributed by atoms with Crippen LogP contribution in [-0.4, -0.2) is 35.6 Å². The molecule has 0 bridgehead atoms. The minimum atomic E-state index is -0.307. The Morgan fingerprint density at radius 1 is 1.29 bits per heavy atom. The molecule has 2 aliphatic heterocycles. The number of hydrogen-bond acceptors (Lipinski definition) is 4. The zero-order valence-electron chi connectivity index (χ0n) is 17.0. The standard InChI is InChI=1S/C24H21FN4O2/c1-14-18(25)3-2-4-19(14)28-23-21-20(8-10-27-24(21)30)29-22(23)17-7-9-26-11-16(17)6-5-15-12-31-13-15/h2-4,7,9,11,15,28-29H,8,10,12-13H2,1H3,(H,27,30). The van der Waals surface area contributed by atoms with E-state index in [4.69, 9.17) is 4.74 Å². The molecule has 2 aliphatic rings. The number of aromatic amines is 1. The Balaban J connectivity index is 1.65. The maximum Gasteiger partial charge on any atom is 0.255 e. The van der Waals surface area contributed by atoms with Crippen molar-refractivity contribution in [3.63, 3.8) is 0 Å². The van der Waals surface area contributed by atoms with Gasteiger partial charge in [0.25, 0.3) is 5.91 Å². The van der Waals surface area contributed by atoms with Crippen LogP contribution in [0.2, 0.25) is 0 Å². The maximum atomic E-state index is 14.2. The van der Waals surface area contributed by atoms with Gasteiger partial charge in [-0.1, -0.05) is 17.9 Å². The van der Waals surface area contributed by atoms with E-state index in [1.807, 2.05) is 6.07 Å². The predicted molar refractivity (Wildman–Crippen MR) is 116 cm³/mol. The molecule has 1 aromatic carbocycles. The molecule has 0 aliphatic carbocycles. The van der Waals surface area contributed by atoms with E-state index in [2.05, 4.69) is 32.4 Å². The van der Waals surface area contributed by atoms with Gasteiger partial charge in [-0.15, -0.1) is 0 Å². The molecule has 6 nitrogen and oxygen atoms in total. The third-order valence-electron chi connectivity index (χ3n) is 5.63. The van der Waals surface area contributed by atoms with Crippen molar-refractivity contribution in [3.05, 3.63) is 64.9 Å². The number of nitrogens with one attached hydrogen (secondary N) is 3. The van der Waals surface area contributed by atoms with Gasteiger partial charge >= 0.3 is 0 Å². The smallest absolute Gasteiger partial charge is 0.255 e. The van der Waals surface area contributed by atoms with Crippen LogP contribution in [-0.2, 0) is 11.2 Å². The SMILES string of the molecule is Cc1c(F)cccc1Nc1c(-c2ccncc2C#CC2COC2)[nH]c2c1C(=O)NCC2. The second-order valence-corrected chi connectivity index (χ2v) is 7.70. The number of fused-ring (bicyclic) bond motifs is 1. The van der Waals surface area contributed by atoms with Crippen LogP contribution in [0.1, 0.15) is 27.2 Å². The molecular weight excluding hydrogens is 395 g/mol. The van der Waals surface area contributed by atoms with Gasteiger partial charge in [-0.3, -0.25) is 9.78 Å². The summed E-state index contributed by atoms with van der Waals surface area (Å²) in [6.07, 6.45) is 4.10. The summed E-state index contributed by atoms with van der Waals surface area (Å²) < 4.78 is 19.4. The van der Waals surface area contributed by atoms with Crippen LogP contribution in [0.15, 0.2) is 36.7 Å². The number of pyridine rings is 1. The van der Waals surface area contributed by atoms with Gasteiger partial charge in [0.1, 0.15) is 5.82 Å². The highest BCUT2D eigenvalue weighted by atomic mass is 19.1. The first-order valence-electron chi connectivity index (χ1n) is 10.2. The van der Waals surface area contributed by atoms with Crippen molar-refractivity contribution in [3.8, 4) is 23.1 Å². The second-order valence-electron chi connectivity index (χ2n) is 7.70. The number of halogens is 1. The number of hydrogen-bond donors (Lipinski definition) is 3. The highest BCUT2D eigenvalue weighted by Gasteiger charge is 2.28. The van der Waals surface area contributed by atoms with Crippen molar-refractivity contribution in [2.45, 2.75) is 13.3 Å². The zero-order chi connectivity index (χ0) is 21.4. The van der Waals surface area contributed by atoms with Gasteiger partial charge in [-0.05, 0) is 25.1 Å². The quantitative estimate of drug-likeness (QED) is 0.571. The first-order chi connectivity index (χ1) is 15.1. The van der Waals surface area contributed by atoms with Gasteiger partial charge in [-0.25, -0.2) is 4.39 Å². The topological polar surface area (TPSA) is 79.0 Å². The Bertz CT molecular complexity index is 1230. The van der Waals surface area contributed by atoms with E-state index in [0.717, 1.165) is 22.5 Å². The number of benzene rings is 1. The van der Waals surface area contributed by atoms with E-state index in [1.165, 1.54) is 6.07 Å². The van der Waals surface area contributed by atoms with Crippen molar-refractivity contribution in [2.24, 2.45) is 5.92 Å². The van der Waals surface area contributed by atoms with Crippen molar-refractivity contribution >= 4 is 17.3 Å². The molecule has 0 atom stereocenters. The average Bonchev–Trinajstić information content (AvgIpc) is 3.10. The summed E-state index contributed by atoms with van der Waals surface area (Å²) in [7, 11) is 0. The molecule has 3 aromatic rings. The third kappa shape index (κ3) is 3.56. The number of H-pyrrole nitrogens is 1. The molecule has 1 fully saturated rings. The molecule has 0 unspecified atom stereocenters. The number of aromatic nitrogens is 2. The fourth-order valence-corrected chi connectivity index (χ4v) is 3.79. The molecule has 3 N–H and O–H groups in total. The zero-order valence-corrected chi connectivity index (χ0v) is 17.0. The molecule has 2 aromatic heterocycles. The summed E-state index contributed by atoms with van der Waals surface area (Å²) >= 11 is 0. The number of anilines is 2. The molecular formula is C24H21FN4O2. The minimum Gasteiger partial charge on any atom is -0.379 e.